The largest absolute Gasteiger partial charge is 0.457 e. The quantitative estimate of drug-likeness (QED) is 0.843. The molecule has 0 aromatic heterocycles. The third kappa shape index (κ3) is 3.33. The Labute approximate surface area is 112 Å². The number of benzene rings is 2. The lowest BCUT2D eigenvalue weighted by atomic mass is 10.3. The highest BCUT2D eigenvalue weighted by Gasteiger charge is 2.00. The lowest BCUT2D eigenvalue weighted by Gasteiger charge is -2.06. The molecule has 0 aliphatic rings. The van der Waals surface area contributed by atoms with Crippen LogP contribution in [-0.4, -0.2) is 4.21 Å². The van der Waals surface area contributed by atoms with Crippen molar-refractivity contribution in [2.75, 3.05) is 0 Å². The summed E-state index contributed by atoms with van der Waals surface area (Å²) in [5.74, 6) is 1.38. The van der Waals surface area contributed by atoms with Gasteiger partial charge in [0, 0.05) is 4.90 Å². The van der Waals surface area contributed by atoms with E-state index in [1.807, 2.05) is 24.3 Å². The second kappa shape index (κ2) is 6.01. The van der Waals surface area contributed by atoms with E-state index >= 15 is 0 Å². The number of nitrogens with two attached hydrogens (primary N) is 2. The zero-order chi connectivity index (χ0) is 13.0. The summed E-state index contributed by atoms with van der Waals surface area (Å²) in [6, 6.07) is 14.2. The van der Waals surface area contributed by atoms with Crippen LogP contribution in [0.25, 0.3) is 0 Å². The van der Waals surface area contributed by atoms with E-state index in [4.69, 9.17) is 15.0 Å². The van der Waals surface area contributed by atoms with Gasteiger partial charge in [0.15, 0.2) is 0 Å². The van der Waals surface area contributed by atoms with E-state index in [0.717, 1.165) is 10.6 Å². The molecule has 0 saturated heterocycles. The molecule has 0 aliphatic carbocycles. The minimum Gasteiger partial charge on any atom is -0.457 e. The van der Waals surface area contributed by atoms with Crippen molar-refractivity contribution in [3.63, 3.8) is 0 Å². The summed E-state index contributed by atoms with van der Waals surface area (Å²) in [6.07, 6.45) is 0. The Morgan fingerprint density at radius 3 is 1.89 bits per heavy atom. The van der Waals surface area contributed by atoms with Crippen LogP contribution in [0.1, 0.15) is 0 Å². The standard InChI is InChI=1S/C12H12N2O2S2/c13-17-11-5-1-9(2-6-11)16-10-3-7-12(8-4-10)18(14)15/h1-8H,13-14H2. The van der Waals surface area contributed by atoms with Crippen LogP contribution in [0.3, 0.4) is 0 Å². The SMILES string of the molecule is NSc1ccc(Oc2ccc(S(N)=O)cc2)cc1. The zero-order valence-corrected chi connectivity index (χ0v) is 11.0. The Bertz CT molecular complexity index is 541. The minimum absolute atomic E-state index is 0.567. The molecule has 0 aliphatic heterocycles. The fourth-order valence-electron chi connectivity index (χ4n) is 1.36. The molecule has 2 aromatic carbocycles. The smallest absolute Gasteiger partial charge is 0.127 e. The number of ether oxygens (including phenoxy) is 1. The van der Waals surface area contributed by atoms with Crippen molar-refractivity contribution in [3.05, 3.63) is 48.5 Å². The van der Waals surface area contributed by atoms with Crippen LogP contribution in [0.4, 0.5) is 0 Å². The molecule has 0 radical (unpaired) electrons. The lowest BCUT2D eigenvalue weighted by molar-refractivity contribution is 0.482. The molecule has 18 heavy (non-hydrogen) atoms. The zero-order valence-electron chi connectivity index (χ0n) is 9.41. The van der Waals surface area contributed by atoms with E-state index in [0.29, 0.717) is 10.6 Å². The molecule has 4 nitrogen and oxygen atoms in total. The fourth-order valence-corrected chi connectivity index (χ4v) is 2.06. The maximum Gasteiger partial charge on any atom is 0.127 e. The molecule has 2 rings (SSSR count). The van der Waals surface area contributed by atoms with E-state index in [1.54, 1.807) is 24.3 Å². The Hall–Kier alpha value is -1.34. The molecule has 0 saturated carbocycles. The number of hydrogen-bond acceptors (Lipinski definition) is 4. The Morgan fingerprint density at radius 2 is 1.44 bits per heavy atom. The maximum absolute atomic E-state index is 11.0. The van der Waals surface area contributed by atoms with Crippen molar-refractivity contribution in [1.29, 1.82) is 0 Å². The van der Waals surface area contributed by atoms with Gasteiger partial charge in [0.2, 0.25) is 0 Å². The first-order valence-corrected chi connectivity index (χ1v) is 7.19. The lowest BCUT2D eigenvalue weighted by Crippen LogP contribution is -2.01. The molecular weight excluding hydrogens is 268 g/mol. The molecule has 0 spiro atoms. The van der Waals surface area contributed by atoms with Gasteiger partial charge in [-0.2, -0.15) is 0 Å². The minimum atomic E-state index is -1.46. The third-order valence-electron chi connectivity index (χ3n) is 2.25. The first-order chi connectivity index (χ1) is 8.69. The summed E-state index contributed by atoms with van der Waals surface area (Å²) in [5, 5.41) is 10.7. The van der Waals surface area contributed by atoms with Crippen LogP contribution >= 0.6 is 11.9 Å². The molecule has 4 N–H and O–H groups in total. The highest BCUT2D eigenvalue weighted by molar-refractivity contribution is 7.97. The molecule has 1 atom stereocenters. The first-order valence-electron chi connectivity index (χ1n) is 5.10. The van der Waals surface area contributed by atoms with Crippen molar-refractivity contribution in [3.8, 4) is 11.5 Å². The van der Waals surface area contributed by atoms with Crippen LogP contribution < -0.4 is 15.0 Å². The van der Waals surface area contributed by atoms with Gasteiger partial charge in [0.1, 0.15) is 22.5 Å². The second-order valence-electron chi connectivity index (χ2n) is 3.46. The Morgan fingerprint density at radius 1 is 0.944 bits per heavy atom. The molecule has 6 heteroatoms. The van der Waals surface area contributed by atoms with Gasteiger partial charge in [-0.05, 0) is 60.5 Å². The highest BCUT2D eigenvalue weighted by Crippen LogP contribution is 2.24. The van der Waals surface area contributed by atoms with E-state index in [-0.39, 0.29) is 0 Å². The topological polar surface area (TPSA) is 78.3 Å². The molecule has 1 unspecified atom stereocenters. The predicted octanol–water partition coefficient (Wildman–Crippen LogP) is 2.43. The molecule has 0 bridgehead atoms. The van der Waals surface area contributed by atoms with Crippen LogP contribution in [0, 0.1) is 0 Å². The average molecular weight is 280 g/mol. The maximum atomic E-state index is 11.0. The van der Waals surface area contributed by atoms with E-state index in [1.165, 1.54) is 11.9 Å². The second-order valence-corrected chi connectivity index (χ2v) is 5.23. The van der Waals surface area contributed by atoms with Crippen LogP contribution in [0.5, 0.6) is 11.5 Å². The van der Waals surface area contributed by atoms with Crippen molar-refractivity contribution < 1.29 is 8.95 Å². The van der Waals surface area contributed by atoms with Crippen molar-refractivity contribution in [2.24, 2.45) is 10.3 Å². The van der Waals surface area contributed by atoms with E-state index in [9.17, 15) is 4.21 Å². The summed E-state index contributed by atoms with van der Waals surface area (Å²) in [6.45, 7) is 0. The fraction of sp³-hybridized carbons (Fsp3) is 0. The monoisotopic (exact) mass is 280 g/mol. The van der Waals surface area contributed by atoms with Crippen molar-refractivity contribution >= 4 is 22.9 Å². The van der Waals surface area contributed by atoms with Gasteiger partial charge in [0.25, 0.3) is 0 Å². The van der Waals surface area contributed by atoms with Crippen LogP contribution in [0.15, 0.2) is 58.3 Å². The summed E-state index contributed by atoms with van der Waals surface area (Å²) in [5.41, 5.74) is 0. The number of hydrogen-bond donors (Lipinski definition) is 2. The average Bonchev–Trinajstić information content (AvgIpc) is 2.40. The third-order valence-corrected chi connectivity index (χ3v) is 3.53. The Balaban J connectivity index is 2.10. The highest BCUT2D eigenvalue weighted by atomic mass is 32.2. The summed E-state index contributed by atoms with van der Waals surface area (Å²) in [4.78, 5) is 1.54. The van der Waals surface area contributed by atoms with Crippen molar-refractivity contribution in [2.45, 2.75) is 9.79 Å². The van der Waals surface area contributed by atoms with E-state index in [2.05, 4.69) is 0 Å². The molecule has 94 valence electrons. The molecule has 2 aromatic rings. The first kappa shape index (κ1) is 13.1. The molecule has 0 amide bonds. The van der Waals surface area contributed by atoms with Gasteiger partial charge in [-0.3, -0.25) is 5.14 Å². The summed E-state index contributed by atoms with van der Waals surface area (Å²) < 4.78 is 16.6. The van der Waals surface area contributed by atoms with Gasteiger partial charge in [-0.15, -0.1) is 0 Å². The molecule has 0 heterocycles. The number of rotatable bonds is 4. The predicted molar refractivity (Wildman–Crippen MR) is 73.6 cm³/mol. The van der Waals surface area contributed by atoms with Gasteiger partial charge >= 0.3 is 0 Å². The van der Waals surface area contributed by atoms with E-state index < -0.39 is 11.0 Å². The van der Waals surface area contributed by atoms with Crippen LogP contribution in [-0.2, 0) is 11.0 Å². The van der Waals surface area contributed by atoms with Gasteiger partial charge in [0.05, 0.1) is 4.90 Å². The van der Waals surface area contributed by atoms with Crippen LogP contribution in [0.2, 0.25) is 0 Å². The Kier molecular flexibility index (Phi) is 4.38. The summed E-state index contributed by atoms with van der Waals surface area (Å²) in [7, 11) is -1.46. The molecule has 0 fully saturated rings. The van der Waals surface area contributed by atoms with Gasteiger partial charge in [-0.1, -0.05) is 0 Å². The molecular formula is C12H12N2O2S2. The van der Waals surface area contributed by atoms with Gasteiger partial charge in [-0.25, -0.2) is 9.35 Å². The van der Waals surface area contributed by atoms with Gasteiger partial charge < -0.3 is 4.74 Å². The normalized spacial score (nSPS) is 12.1. The van der Waals surface area contributed by atoms with Crippen molar-refractivity contribution in [1.82, 2.24) is 0 Å². The summed E-state index contributed by atoms with van der Waals surface area (Å²) >= 11 is 1.19.